The Labute approximate surface area is 89.8 Å². The second kappa shape index (κ2) is 3.85. The lowest BCUT2D eigenvalue weighted by Crippen LogP contribution is -1.99. The predicted molar refractivity (Wildman–Crippen MR) is 60.2 cm³/mol. The fraction of sp³-hybridized carbons (Fsp3) is 0.333. The van der Waals surface area contributed by atoms with Gasteiger partial charge in [0.15, 0.2) is 5.82 Å². The van der Waals surface area contributed by atoms with Gasteiger partial charge >= 0.3 is 0 Å². The van der Waals surface area contributed by atoms with E-state index in [2.05, 4.69) is 23.9 Å². The predicted octanol–water partition coefficient (Wildman–Crippen LogP) is 2.70. The van der Waals surface area contributed by atoms with Gasteiger partial charge in [-0.3, -0.25) is 0 Å². The van der Waals surface area contributed by atoms with Crippen molar-refractivity contribution < 1.29 is 0 Å². The van der Waals surface area contributed by atoms with Gasteiger partial charge in [0.2, 0.25) is 0 Å². The zero-order valence-electron chi connectivity index (χ0n) is 9.31. The van der Waals surface area contributed by atoms with Crippen molar-refractivity contribution in [3.63, 3.8) is 0 Å². The molecule has 2 aromatic heterocycles. The second-order valence-electron chi connectivity index (χ2n) is 4.03. The fourth-order valence-electron chi connectivity index (χ4n) is 1.37. The fourth-order valence-corrected chi connectivity index (χ4v) is 1.37. The Balaban J connectivity index is 2.33. The smallest absolute Gasteiger partial charge is 0.153 e. The maximum Gasteiger partial charge on any atom is 0.153 e. The summed E-state index contributed by atoms with van der Waals surface area (Å²) in [6.07, 6.45) is 3.80. The van der Waals surface area contributed by atoms with E-state index in [1.807, 2.05) is 42.2 Å². The van der Waals surface area contributed by atoms with E-state index in [9.17, 15) is 0 Å². The first-order valence-corrected chi connectivity index (χ1v) is 5.15. The third-order valence-corrected chi connectivity index (χ3v) is 2.33. The van der Waals surface area contributed by atoms with E-state index in [0.29, 0.717) is 5.92 Å². The molecule has 0 N–H and O–H groups in total. The molecule has 0 atom stereocenters. The van der Waals surface area contributed by atoms with Crippen LogP contribution in [0.4, 0.5) is 0 Å². The minimum atomic E-state index is 0.455. The highest BCUT2D eigenvalue weighted by molar-refractivity contribution is 5.24. The molecule has 0 saturated heterocycles. The summed E-state index contributed by atoms with van der Waals surface area (Å²) >= 11 is 0. The highest BCUT2D eigenvalue weighted by Crippen LogP contribution is 2.12. The SMILES string of the molecule is Cc1ccc(-n2ccc(C(C)C)n2)nc1. The Kier molecular flexibility index (Phi) is 2.54. The molecule has 0 aromatic carbocycles. The van der Waals surface area contributed by atoms with E-state index in [1.54, 1.807) is 0 Å². The summed E-state index contributed by atoms with van der Waals surface area (Å²) in [6, 6.07) is 6.05. The van der Waals surface area contributed by atoms with Crippen molar-refractivity contribution in [2.24, 2.45) is 0 Å². The third-order valence-electron chi connectivity index (χ3n) is 2.33. The topological polar surface area (TPSA) is 30.7 Å². The molecule has 15 heavy (non-hydrogen) atoms. The van der Waals surface area contributed by atoms with Gasteiger partial charge in [0.05, 0.1) is 5.69 Å². The molecule has 3 nitrogen and oxygen atoms in total. The van der Waals surface area contributed by atoms with Crippen molar-refractivity contribution in [3.8, 4) is 5.82 Å². The molecule has 0 radical (unpaired) electrons. The van der Waals surface area contributed by atoms with Crippen molar-refractivity contribution in [2.75, 3.05) is 0 Å². The van der Waals surface area contributed by atoms with Gasteiger partial charge in [0.25, 0.3) is 0 Å². The molecule has 0 aliphatic heterocycles. The molecule has 2 rings (SSSR count). The molecule has 3 heteroatoms. The molecule has 0 amide bonds. The summed E-state index contributed by atoms with van der Waals surface area (Å²) in [7, 11) is 0. The summed E-state index contributed by atoms with van der Waals surface area (Å²) in [5.41, 5.74) is 2.26. The molecule has 0 aliphatic carbocycles. The maximum atomic E-state index is 4.46. The monoisotopic (exact) mass is 201 g/mol. The molecule has 0 aliphatic rings. The van der Waals surface area contributed by atoms with Gasteiger partial charge in [0, 0.05) is 12.4 Å². The molecule has 2 aromatic rings. The Morgan fingerprint density at radius 3 is 2.53 bits per heavy atom. The first kappa shape index (κ1) is 9.90. The highest BCUT2D eigenvalue weighted by atomic mass is 15.3. The van der Waals surface area contributed by atoms with Crippen molar-refractivity contribution in [3.05, 3.63) is 41.9 Å². The van der Waals surface area contributed by atoms with Crippen LogP contribution in [0.1, 0.15) is 31.0 Å². The first-order chi connectivity index (χ1) is 7.16. The molecular formula is C12H15N3. The molecule has 0 spiro atoms. The summed E-state index contributed by atoms with van der Waals surface area (Å²) in [6.45, 7) is 6.30. The summed E-state index contributed by atoms with van der Waals surface area (Å²) < 4.78 is 1.81. The first-order valence-electron chi connectivity index (χ1n) is 5.15. The molecule has 2 heterocycles. The van der Waals surface area contributed by atoms with Crippen LogP contribution >= 0.6 is 0 Å². The van der Waals surface area contributed by atoms with Crippen molar-refractivity contribution >= 4 is 0 Å². The van der Waals surface area contributed by atoms with Gasteiger partial charge in [-0.1, -0.05) is 19.9 Å². The van der Waals surface area contributed by atoms with Gasteiger partial charge in [-0.2, -0.15) is 5.10 Å². The highest BCUT2D eigenvalue weighted by Gasteiger charge is 2.04. The number of pyridine rings is 1. The van der Waals surface area contributed by atoms with E-state index in [0.717, 1.165) is 17.1 Å². The zero-order chi connectivity index (χ0) is 10.8. The second-order valence-corrected chi connectivity index (χ2v) is 4.03. The molecule has 0 bridgehead atoms. The van der Waals surface area contributed by atoms with Crippen LogP contribution in [0, 0.1) is 6.92 Å². The van der Waals surface area contributed by atoms with Gasteiger partial charge < -0.3 is 0 Å². The van der Waals surface area contributed by atoms with E-state index in [4.69, 9.17) is 0 Å². The van der Waals surface area contributed by atoms with Crippen LogP contribution in [0.2, 0.25) is 0 Å². The van der Waals surface area contributed by atoms with E-state index >= 15 is 0 Å². The van der Waals surface area contributed by atoms with Gasteiger partial charge in [-0.25, -0.2) is 9.67 Å². The van der Waals surface area contributed by atoms with E-state index in [-0.39, 0.29) is 0 Å². The summed E-state index contributed by atoms with van der Waals surface area (Å²) in [5.74, 6) is 1.32. The lowest BCUT2D eigenvalue weighted by Gasteiger charge is -2.01. The third kappa shape index (κ3) is 2.06. The van der Waals surface area contributed by atoms with Crippen molar-refractivity contribution in [1.29, 1.82) is 0 Å². The Bertz CT molecular complexity index is 440. The van der Waals surface area contributed by atoms with Crippen LogP contribution < -0.4 is 0 Å². The molecule has 0 fully saturated rings. The van der Waals surface area contributed by atoms with Crippen LogP contribution in [0.3, 0.4) is 0 Å². The quantitative estimate of drug-likeness (QED) is 0.748. The van der Waals surface area contributed by atoms with Crippen molar-refractivity contribution in [1.82, 2.24) is 14.8 Å². The van der Waals surface area contributed by atoms with Crippen LogP contribution in [-0.2, 0) is 0 Å². The Morgan fingerprint density at radius 1 is 1.20 bits per heavy atom. The molecular weight excluding hydrogens is 186 g/mol. The average molecular weight is 201 g/mol. The Hall–Kier alpha value is -1.64. The van der Waals surface area contributed by atoms with Crippen molar-refractivity contribution in [2.45, 2.75) is 26.7 Å². The van der Waals surface area contributed by atoms with E-state index in [1.165, 1.54) is 0 Å². The number of nitrogens with zero attached hydrogens (tertiary/aromatic N) is 3. The minimum absolute atomic E-state index is 0.455. The van der Waals surface area contributed by atoms with Gasteiger partial charge in [0.1, 0.15) is 0 Å². The Morgan fingerprint density at radius 2 is 2.00 bits per heavy atom. The maximum absolute atomic E-state index is 4.46. The van der Waals surface area contributed by atoms with Crippen LogP contribution in [0.25, 0.3) is 5.82 Å². The lowest BCUT2D eigenvalue weighted by atomic mass is 10.1. The minimum Gasteiger partial charge on any atom is -0.237 e. The number of aromatic nitrogens is 3. The zero-order valence-corrected chi connectivity index (χ0v) is 9.31. The summed E-state index contributed by atoms with van der Waals surface area (Å²) in [5, 5.41) is 4.46. The number of rotatable bonds is 2. The normalized spacial score (nSPS) is 10.9. The van der Waals surface area contributed by atoms with Gasteiger partial charge in [-0.05, 0) is 30.5 Å². The number of hydrogen-bond donors (Lipinski definition) is 0. The van der Waals surface area contributed by atoms with E-state index < -0.39 is 0 Å². The van der Waals surface area contributed by atoms with Crippen LogP contribution in [0.15, 0.2) is 30.6 Å². The number of aryl methyl sites for hydroxylation is 1. The number of hydrogen-bond acceptors (Lipinski definition) is 2. The molecule has 0 saturated carbocycles. The van der Waals surface area contributed by atoms with Gasteiger partial charge in [-0.15, -0.1) is 0 Å². The summed E-state index contributed by atoms with van der Waals surface area (Å²) in [4.78, 5) is 4.32. The average Bonchev–Trinajstić information content (AvgIpc) is 2.68. The van der Waals surface area contributed by atoms with Crippen LogP contribution in [-0.4, -0.2) is 14.8 Å². The molecule has 78 valence electrons. The molecule has 0 unspecified atom stereocenters. The standard InChI is InChI=1S/C12H15N3/c1-9(2)11-6-7-15(14-11)12-5-4-10(3)8-13-12/h4-9H,1-3H3. The van der Waals surface area contributed by atoms with Crippen LogP contribution in [0.5, 0.6) is 0 Å². The lowest BCUT2D eigenvalue weighted by molar-refractivity contribution is 0.757. The largest absolute Gasteiger partial charge is 0.237 e.